The van der Waals surface area contributed by atoms with Gasteiger partial charge in [-0.05, 0) is 24.8 Å². The fourth-order valence-electron chi connectivity index (χ4n) is 1.66. The molecule has 0 nitrogen and oxygen atoms in total. The predicted octanol–water partition coefficient (Wildman–Crippen LogP) is 7.61. The van der Waals surface area contributed by atoms with Gasteiger partial charge in [-0.15, -0.1) is 0 Å². The van der Waals surface area contributed by atoms with Gasteiger partial charge in [0.1, 0.15) is 0 Å². The Morgan fingerprint density at radius 3 is 1.71 bits per heavy atom. The zero-order valence-electron chi connectivity index (χ0n) is 15.7. The zero-order chi connectivity index (χ0) is 16.9. The Kier molecular flexibility index (Phi) is 28.0. The molecule has 0 unspecified atom stereocenters. The van der Waals surface area contributed by atoms with E-state index in [1.807, 2.05) is 55.4 Å². The van der Waals surface area contributed by atoms with Crippen LogP contribution in [0.3, 0.4) is 0 Å². The first kappa shape index (κ1) is 24.7. The average molecular weight is 291 g/mol. The van der Waals surface area contributed by atoms with Crippen LogP contribution in [-0.4, -0.2) is 0 Å². The van der Waals surface area contributed by atoms with Gasteiger partial charge in [-0.3, -0.25) is 0 Å². The minimum Gasteiger partial charge on any atom is -0.0842 e. The zero-order valence-corrected chi connectivity index (χ0v) is 15.7. The molecule has 2 rings (SSSR count). The van der Waals surface area contributed by atoms with Gasteiger partial charge in [0.25, 0.3) is 0 Å². The van der Waals surface area contributed by atoms with E-state index >= 15 is 0 Å². The van der Waals surface area contributed by atoms with Crippen molar-refractivity contribution in [3.63, 3.8) is 0 Å². The summed E-state index contributed by atoms with van der Waals surface area (Å²) in [4.78, 5) is 0. The molecular weight excluding hydrogens is 252 g/mol. The number of allylic oxidation sites excluding steroid dienone is 4. The summed E-state index contributed by atoms with van der Waals surface area (Å²) < 4.78 is 0. The normalized spacial score (nSPS) is 10.8. The molecular formula is C21H38. The molecule has 0 saturated heterocycles. The van der Waals surface area contributed by atoms with Gasteiger partial charge in [0.2, 0.25) is 0 Å². The highest BCUT2D eigenvalue weighted by molar-refractivity contribution is 5.26. The van der Waals surface area contributed by atoms with Crippen LogP contribution in [0, 0.1) is 0 Å². The molecule has 1 aromatic carbocycles. The van der Waals surface area contributed by atoms with Gasteiger partial charge in [0.15, 0.2) is 0 Å². The first-order valence-corrected chi connectivity index (χ1v) is 8.83. The van der Waals surface area contributed by atoms with Crippen LogP contribution in [0.15, 0.2) is 54.1 Å². The highest BCUT2D eigenvalue weighted by Gasteiger charge is 2.00. The Hall–Kier alpha value is -1.30. The summed E-state index contributed by atoms with van der Waals surface area (Å²) in [5.74, 6) is 0. The molecule has 0 aliphatic heterocycles. The van der Waals surface area contributed by atoms with E-state index in [9.17, 15) is 0 Å². The van der Waals surface area contributed by atoms with Gasteiger partial charge in [-0.2, -0.15) is 0 Å². The fraction of sp³-hybridized carbons (Fsp3) is 0.524. The molecule has 0 heterocycles. The van der Waals surface area contributed by atoms with Crippen LogP contribution >= 0.6 is 0 Å². The van der Waals surface area contributed by atoms with E-state index in [1.165, 1.54) is 18.4 Å². The third-order valence-corrected chi connectivity index (χ3v) is 2.37. The number of hydrogen-bond acceptors (Lipinski definition) is 0. The molecule has 0 amide bonds. The lowest BCUT2D eigenvalue weighted by Crippen LogP contribution is -1.92. The summed E-state index contributed by atoms with van der Waals surface area (Å²) in [6.07, 6.45) is 10.2. The molecule has 1 aliphatic carbocycles. The van der Waals surface area contributed by atoms with Crippen molar-refractivity contribution in [2.75, 3.05) is 0 Å². The predicted molar refractivity (Wildman–Crippen MR) is 102 cm³/mol. The first-order valence-electron chi connectivity index (χ1n) is 8.83. The van der Waals surface area contributed by atoms with Gasteiger partial charge < -0.3 is 0 Å². The lowest BCUT2D eigenvalue weighted by atomic mass is 9.98. The standard InChI is InChI=1S/C13H14.4C2H6/c1-3-7-12(8-4-1)11-13-9-5-2-6-10-13;4*1-2/h1-5,7-9H,6,10-11H2;4*1-2H3. The highest BCUT2D eigenvalue weighted by atomic mass is 14.1. The van der Waals surface area contributed by atoms with Crippen molar-refractivity contribution in [3.05, 3.63) is 59.7 Å². The fourth-order valence-corrected chi connectivity index (χ4v) is 1.66. The lowest BCUT2D eigenvalue weighted by molar-refractivity contribution is 0.911. The number of hydrogen-bond donors (Lipinski definition) is 0. The van der Waals surface area contributed by atoms with Crippen molar-refractivity contribution in [1.82, 2.24) is 0 Å². The van der Waals surface area contributed by atoms with E-state index in [-0.39, 0.29) is 0 Å². The summed E-state index contributed by atoms with van der Waals surface area (Å²) in [5, 5.41) is 0. The Morgan fingerprint density at radius 2 is 1.29 bits per heavy atom. The molecule has 1 aromatic rings. The van der Waals surface area contributed by atoms with Crippen LogP contribution in [0.5, 0.6) is 0 Å². The van der Waals surface area contributed by atoms with Gasteiger partial charge in [-0.1, -0.05) is 110 Å². The van der Waals surface area contributed by atoms with E-state index in [1.54, 1.807) is 5.57 Å². The van der Waals surface area contributed by atoms with Crippen LogP contribution < -0.4 is 0 Å². The summed E-state index contributed by atoms with van der Waals surface area (Å²) in [7, 11) is 0. The minimum atomic E-state index is 1.12. The van der Waals surface area contributed by atoms with Crippen molar-refractivity contribution < 1.29 is 0 Å². The maximum Gasteiger partial charge on any atom is -0.00639 e. The first-order chi connectivity index (χ1) is 10.4. The largest absolute Gasteiger partial charge is 0.0842 e. The van der Waals surface area contributed by atoms with E-state index in [4.69, 9.17) is 0 Å². The molecule has 1 aliphatic rings. The van der Waals surface area contributed by atoms with Crippen LogP contribution in [0.1, 0.15) is 73.8 Å². The molecule has 0 heteroatoms. The van der Waals surface area contributed by atoms with Crippen molar-refractivity contribution >= 4 is 0 Å². The number of rotatable bonds is 2. The van der Waals surface area contributed by atoms with E-state index < -0.39 is 0 Å². The second kappa shape index (κ2) is 23.8. The van der Waals surface area contributed by atoms with Crippen molar-refractivity contribution in [1.29, 1.82) is 0 Å². The molecule has 0 bridgehead atoms. The molecule has 0 aromatic heterocycles. The SMILES string of the molecule is C1=CCCC(Cc2ccccc2)=C1.CC.CC.CC.CC. The summed E-state index contributed by atoms with van der Waals surface area (Å²) >= 11 is 0. The minimum absolute atomic E-state index is 1.12. The maximum atomic E-state index is 2.25. The van der Waals surface area contributed by atoms with Gasteiger partial charge in [-0.25, -0.2) is 0 Å². The molecule has 0 radical (unpaired) electrons. The monoisotopic (exact) mass is 290 g/mol. The van der Waals surface area contributed by atoms with Crippen LogP contribution in [0.2, 0.25) is 0 Å². The van der Waals surface area contributed by atoms with E-state index in [0.29, 0.717) is 0 Å². The van der Waals surface area contributed by atoms with Crippen LogP contribution in [0.25, 0.3) is 0 Å². The lowest BCUT2D eigenvalue weighted by Gasteiger charge is -2.08. The van der Waals surface area contributed by atoms with E-state index in [2.05, 4.69) is 48.6 Å². The van der Waals surface area contributed by atoms with Crippen molar-refractivity contribution in [2.45, 2.75) is 74.7 Å². The number of benzene rings is 1. The average Bonchev–Trinajstić information content (AvgIpc) is 2.64. The molecule has 0 fully saturated rings. The maximum absolute atomic E-state index is 2.25. The summed E-state index contributed by atoms with van der Waals surface area (Å²) in [6, 6.07) is 10.7. The van der Waals surface area contributed by atoms with Gasteiger partial charge in [0.05, 0.1) is 0 Å². The Labute approximate surface area is 135 Å². The van der Waals surface area contributed by atoms with Gasteiger partial charge >= 0.3 is 0 Å². The molecule has 0 atom stereocenters. The summed E-state index contributed by atoms with van der Waals surface area (Å²) in [6.45, 7) is 16.0. The molecule has 122 valence electrons. The third kappa shape index (κ3) is 14.9. The Balaban J connectivity index is -0.000000353. The Morgan fingerprint density at radius 1 is 0.762 bits per heavy atom. The molecule has 0 spiro atoms. The van der Waals surface area contributed by atoms with Crippen LogP contribution in [-0.2, 0) is 6.42 Å². The quantitative estimate of drug-likeness (QED) is 0.525. The topological polar surface area (TPSA) is 0 Å². The second-order valence-electron chi connectivity index (χ2n) is 3.45. The second-order valence-corrected chi connectivity index (χ2v) is 3.45. The van der Waals surface area contributed by atoms with Crippen LogP contribution in [0.4, 0.5) is 0 Å². The third-order valence-electron chi connectivity index (χ3n) is 2.37. The summed E-state index contributed by atoms with van der Waals surface area (Å²) in [5.41, 5.74) is 2.97. The highest BCUT2D eigenvalue weighted by Crippen LogP contribution is 2.16. The Bertz CT molecular complexity index is 317. The molecule has 0 N–H and O–H groups in total. The van der Waals surface area contributed by atoms with Crippen molar-refractivity contribution in [3.8, 4) is 0 Å². The van der Waals surface area contributed by atoms with E-state index in [0.717, 1.165) is 6.42 Å². The smallest absolute Gasteiger partial charge is 0.00639 e. The van der Waals surface area contributed by atoms with Gasteiger partial charge in [0, 0.05) is 0 Å². The molecule has 0 saturated carbocycles. The molecule has 21 heavy (non-hydrogen) atoms. The van der Waals surface area contributed by atoms with Crippen molar-refractivity contribution in [2.24, 2.45) is 0 Å².